The molecule has 1 aromatic carbocycles. The summed E-state index contributed by atoms with van der Waals surface area (Å²) in [4.78, 5) is 16.2. The van der Waals surface area contributed by atoms with Gasteiger partial charge in [-0.3, -0.25) is 4.79 Å². The van der Waals surface area contributed by atoms with Gasteiger partial charge in [-0.05, 0) is 12.1 Å². The van der Waals surface area contributed by atoms with Gasteiger partial charge in [0, 0.05) is 6.04 Å². The van der Waals surface area contributed by atoms with Crippen LogP contribution in [0.1, 0.15) is 0 Å². The van der Waals surface area contributed by atoms with Crippen molar-refractivity contribution in [3.05, 3.63) is 35.9 Å². The van der Waals surface area contributed by atoms with E-state index >= 15 is 0 Å². The van der Waals surface area contributed by atoms with Crippen LogP contribution in [0, 0.1) is 5.92 Å². The molecule has 2 atom stereocenters. The van der Waals surface area contributed by atoms with E-state index in [-0.39, 0.29) is 17.9 Å². The van der Waals surface area contributed by atoms with Gasteiger partial charge in [-0.1, -0.05) is 17.7 Å². The summed E-state index contributed by atoms with van der Waals surface area (Å²) in [6, 6.07) is 4.93. The van der Waals surface area contributed by atoms with Gasteiger partial charge in [0.05, 0.1) is 29.8 Å². The molecular formula is C13H14ClN5O2. The maximum atomic E-state index is 12.3. The van der Waals surface area contributed by atoms with E-state index in [9.17, 15) is 4.79 Å². The Bertz CT molecular complexity index is 646. The number of rotatable bonds is 3. The fourth-order valence-corrected chi connectivity index (χ4v) is 2.50. The van der Waals surface area contributed by atoms with Gasteiger partial charge in [0.2, 0.25) is 5.91 Å². The van der Waals surface area contributed by atoms with Crippen molar-refractivity contribution in [2.24, 2.45) is 11.7 Å². The fourth-order valence-electron chi connectivity index (χ4n) is 2.24. The van der Waals surface area contributed by atoms with Gasteiger partial charge in [-0.2, -0.15) is 5.10 Å². The molecule has 3 N–H and O–H groups in total. The number of ether oxygens (including phenoxy) is 1. The number of carbonyl (C=O) groups is 1. The summed E-state index contributed by atoms with van der Waals surface area (Å²) in [6.45, 7) is 0.718. The summed E-state index contributed by atoms with van der Waals surface area (Å²) in [7, 11) is 0. The first-order chi connectivity index (χ1) is 10.2. The van der Waals surface area contributed by atoms with E-state index in [2.05, 4.69) is 15.4 Å². The molecule has 0 radical (unpaired) electrons. The first-order valence-electron chi connectivity index (χ1n) is 6.44. The molecule has 8 heteroatoms. The van der Waals surface area contributed by atoms with Gasteiger partial charge in [0.1, 0.15) is 18.3 Å². The Balaban J connectivity index is 1.89. The molecule has 0 aliphatic carbocycles. The van der Waals surface area contributed by atoms with E-state index in [4.69, 9.17) is 22.1 Å². The molecular weight excluding hydrogens is 294 g/mol. The molecule has 1 aliphatic heterocycles. The third-order valence-corrected chi connectivity index (χ3v) is 3.66. The lowest BCUT2D eigenvalue weighted by molar-refractivity contribution is -0.120. The molecule has 1 aromatic heterocycles. The van der Waals surface area contributed by atoms with Gasteiger partial charge < -0.3 is 15.8 Å². The Morgan fingerprint density at radius 2 is 2.33 bits per heavy atom. The molecule has 0 bridgehead atoms. The molecule has 0 spiro atoms. The van der Waals surface area contributed by atoms with E-state index in [1.54, 1.807) is 18.2 Å². The Kier molecular flexibility index (Phi) is 3.87. The molecule has 2 aromatic rings. The van der Waals surface area contributed by atoms with E-state index in [1.807, 2.05) is 0 Å². The third kappa shape index (κ3) is 2.76. The lowest BCUT2D eigenvalue weighted by Crippen LogP contribution is -2.37. The highest BCUT2D eigenvalue weighted by molar-refractivity contribution is 6.33. The average Bonchev–Trinajstić information content (AvgIpc) is 3.10. The molecule has 2 unspecified atom stereocenters. The molecule has 110 valence electrons. The summed E-state index contributed by atoms with van der Waals surface area (Å²) in [6.07, 6.45) is 2.91. The largest absolute Gasteiger partial charge is 0.379 e. The number of nitrogens with one attached hydrogen (secondary N) is 1. The number of benzene rings is 1. The van der Waals surface area contributed by atoms with Crippen LogP contribution in [-0.2, 0) is 9.53 Å². The van der Waals surface area contributed by atoms with Crippen molar-refractivity contribution in [2.45, 2.75) is 6.04 Å². The van der Waals surface area contributed by atoms with Crippen LogP contribution in [0.4, 0.5) is 5.69 Å². The Hall–Kier alpha value is -1.96. The number of halogens is 1. The van der Waals surface area contributed by atoms with Gasteiger partial charge in [0.15, 0.2) is 0 Å². The van der Waals surface area contributed by atoms with Crippen molar-refractivity contribution in [3.8, 4) is 5.69 Å². The van der Waals surface area contributed by atoms with Crippen LogP contribution in [0.15, 0.2) is 30.9 Å². The number of anilines is 1. The van der Waals surface area contributed by atoms with E-state index in [0.29, 0.717) is 29.6 Å². The zero-order valence-electron chi connectivity index (χ0n) is 11.1. The minimum atomic E-state index is -0.368. The Morgan fingerprint density at radius 3 is 3.00 bits per heavy atom. The van der Waals surface area contributed by atoms with Crippen LogP contribution >= 0.6 is 11.6 Å². The highest BCUT2D eigenvalue weighted by Crippen LogP contribution is 2.28. The minimum absolute atomic E-state index is 0.191. The topological polar surface area (TPSA) is 95.1 Å². The highest BCUT2D eigenvalue weighted by Gasteiger charge is 2.31. The monoisotopic (exact) mass is 307 g/mol. The number of amides is 1. The van der Waals surface area contributed by atoms with Crippen molar-refractivity contribution in [2.75, 3.05) is 18.5 Å². The molecule has 1 aliphatic rings. The summed E-state index contributed by atoms with van der Waals surface area (Å²) >= 11 is 6.20. The molecule has 2 heterocycles. The summed E-state index contributed by atoms with van der Waals surface area (Å²) in [5.74, 6) is -0.559. The smallest absolute Gasteiger partial charge is 0.231 e. The molecule has 0 saturated carbocycles. The van der Waals surface area contributed by atoms with Gasteiger partial charge in [0.25, 0.3) is 0 Å². The van der Waals surface area contributed by atoms with Crippen molar-refractivity contribution < 1.29 is 9.53 Å². The highest BCUT2D eigenvalue weighted by atomic mass is 35.5. The van der Waals surface area contributed by atoms with Crippen LogP contribution in [0.3, 0.4) is 0 Å². The van der Waals surface area contributed by atoms with Crippen LogP contribution in [0.5, 0.6) is 0 Å². The van der Waals surface area contributed by atoms with Crippen molar-refractivity contribution in [1.29, 1.82) is 0 Å². The summed E-state index contributed by atoms with van der Waals surface area (Å²) in [5, 5.41) is 7.35. The minimum Gasteiger partial charge on any atom is -0.379 e. The molecule has 1 amide bonds. The quantitative estimate of drug-likeness (QED) is 0.876. The predicted molar refractivity (Wildman–Crippen MR) is 77.3 cm³/mol. The number of hydrogen-bond donors (Lipinski definition) is 2. The third-order valence-electron chi connectivity index (χ3n) is 3.35. The SMILES string of the molecule is NC1COCC1C(=O)Nc1cccc(Cl)c1-n1cncn1. The van der Waals surface area contributed by atoms with Gasteiger partial charge in [-0.15, -0.1) is 0 Å². The Morgan fingerprint density at radius 1 is 1.48 bits per heavy atom. The molecule has 1 fully saturated rings. The van der Waals surface area contributed by atoms with Crippen molar-refractivity contribution in [1.82, 2.24) is 14.8 Å². The standard InChI is InChI=1S/C13H14ClN5O2/c14-9-2-1-3-11(12(9)19-7-16-6-17-19)18-13(20)8-4-21-5-10(8)15/h1-3,6-8,10H,4-5,15H2,(H,18,20). The zero-order valence-corrected chi connectivity index (χ0v) is 11.8. The number of aromatic nitrogens is 3. The molecule has 7 nitrogen and oxygen atoms in total. The van der Waals surface area contributed by atoms with Crippen LogP contribution in [0.2, 0.25) is 5.02 Å². The summed E-state index contributed by atoms with van der Waals surface area (Å²) in [5.41, 5.74) is 6.98. The number of hydrogen-bond acceptors (Lipinski definition) is 5. The molecule has 1 saturated heterocycles. The maximum absolute atomic E-state index is 12.3. The van der Waals surface area contributed by atoms with Crippen LogP contribution in [-0.4, -0.2) is 39.9 Å². The van der Waals surface area contributed by atoms with Gasteiger partial charge >= 0.3 is 0 Å². The van der Waals surface area contributed by atoms with E-state index in [0.717, 1.165) is 0 Å². The summed E-state index contributed by atoms with van der Waals surface area (Å²) < 4.78 is 6.72. The molecule has 21 heavy (non-hydrogen) atoms. The number of carbonyl (C=O) groups excluding carboxylic acids is 1. The van der Waals surface area contributed by atoms with Crippen LogP contribution < -0.4 is 11.1 Å². The molecule has 3 rings (SSSR count). The maximum Gasteiger partial charge on any atom is 0.231 e. The van der Waals surface area contributed by atoms with Crippen molar-refractivity contribution >= 4 is 23.2 Å². The predicted octanol–water partition coefficient (Wildman–Crippen LogP) is 0.833. The lowest BCUT2D eigenvalue weighted by Gasteiger charge is -2.16. The van der Waals surface area contributed by atoms with E-state index < -0.39 is 0 Å². The number of nitrogens with zero attached hydrogens (tertiary/aromatic N) is 3. The lowest BCUT2D eigenvalue weighted by atomic mass is 10.0. The number of nitrogens with two attached hydrogens (primary N) is 1. The average molecular weight is 308 g/mol. The fraction of sp³-hybridized carbons (Fsp3) is 0.308. The zero-order chi connectivity index (χ0) is 14.8. The van der Waals surface area contributed by atoms with Crippen molar-refractivity contribution in [3.63, 3.8) is 0 Å². The second kappa shape index (κ2) is 5.80. The van der Waals surface area contributed by atoms with Crippen LogP contribution in [0.25, 0.3) is 5.69 Å². The first-order valence-corrected chi connectivity index (χ1v) is 6.82. The second-order valence-electron chi connectivity index (χ2n) is 4.77. The second-order valence-corrected chi connectivity index (χ2v) is 5.18. The Labute approximate surface area is 126 Å². The number of para-hydroxylation sites is 1. The first kappa shape index (κ1) is 14.0. The normalized spacial score (nSPS) is 21.4. The van der Waals surface area contributed by atoms with Gasteiger partial charge in [-0.25, -0.2) is 9.67 Å². The van der Waals surface area contributed by atoms with E-state index in [1.165, 1.54) is 17.3 Å².